The Labute approximate surface area is 151 Å². The van der Waals surface area contributed by atoms with E-state index in [1.165, 1.54) is 32.4 Å². The highest BCUT2D eigenvalue weighted by molar-refractivity contribution is 5.74. The van der Waals surface area contributed by atoms with Gasteiger partial charge in [-0.05, 0) is 57.3 Å². The molecule has 1 aromatic carbocycles. The van der Waals surface area contributed by atoms with Gasteiger partial charge < -0.3 is 20.2 Å². The highest BCUT2D eigenvalue weighted by atomic mass is 16.3. The number of benzene rings is 1. The third-order valence-electron chi connectivity index (χ3n) is 5.56. The molecule has 0 spiro atoms. The molecule has 2 saturated heterocycles. The standard InChI is InChI=1S/C20H31N3O2/c24-19(21-12-7-15-22-13-5-2-6-14-22)23-16-10-20(25,11-17-23)18-8-3-1-4-9-18/h1,3-4,8-9,25H,2,5-7,10-17H2,(H,21,24). The van der Waals surface area contributed by atoms with Gasteiger partial charge in [-0.2, -0.15) is 0 Å². The molecule has 0 saturated carbocycles. The summed E-state index contributed by atoms with van der Waals surface area (Å²) in [5.74, 6) is 0. The molecular weight excluding hydrogens is 314 g/mol. The maximum absolute atomic E-state index is 12.3. The Morgan fingerprint density at radius 2 is 1.72 bits per heavy atom. The van der Waals surface area contributed by atoms with Crippen molar-refractivity contribution in [2.75, 3.05) is 39.3 Å². The molecule has 5 nitrogen and oxygen atoms in total. The predicted molar refractivity (Wildman–Crippen MR) is 99.5 cm³/mol. The lowest BCUT2D eigenvalue weighted by atomic mass is 9.84. The summed E-state index contributed by atoms with van der Waals surface area (Å²) in [6.07, 6.45) is 6.18. The molecule has 2 heterocycles. The summed E-state index contributed by atoms with van der Waals surface area (Å²) in [5, 5.41) is 13.9. The molecule has 0 aliphatic carbocycles. The molecule has 1 aromatic rings. The SMILES string of the molecule is O=C(NCCCN1CCCCC1)N1CCC(O)(c2ccccc2)CC1. The molecule has 5 heteroatoms. The van der Waals surface area contributed by atoms with Crippen LogP contribution in [0.2, 0.25) is 0 Å². The van der Waals surface area contributed by atoms with E-state index in [4.69, 9.17) is 0 Å². The summed E-state index contributed by atoms with van der Waals surface area (Å²) in [6.45, 7) is 5.42. The van der Waals surface area contributed by atoms with Crippen molar-refractivity contribution in [2.45, 2.75) is 44.1 Å². The van der Waals surface area contributed by atoms with Crippen LogP contribution in [-0.2, 0) is 5.60 Å². The first-order valence-corrected chi connectivity index (χ1v) is 9.70. The first kappa shape index (κ1) is 18.2. The third kappa shape index (κ3) is 4.95. The van der Waals surface area contributed by atoms with E-state index >= 15 is 0 Å². The smallest absolute Gasteiger partial charge is 0.317 e. The van der Waals surface area contributed by atoms with Crippen LogP contribution in [0.5, 0.6) is 0 Å². The van der Waals surface area contributed by atoms with Crippen molar-refractivity contribution in [3.8, 4) is 0 Å². The monoisotopic (exact) mass is 345 g/mol. The number of carbonyl (C=O) groups is 1. The van der Waals surface area contributed by atoms with Crippen LogP contribution in [0.1, 0.15) is 44.1 Å². The van der Waals surface area contributed by atoms with Crippen molar-refractivity contribution >= 4 is 6.03 Å². The topological polar surface area (TPSA) is 55.8 Å². The van der Waals surface area contributed by atoms with Gasteiger partial charge in [0, 0.05) is 19.6 Å². The minimum Gasteiger partial charge on any atom is -0.385 e. The van der Waals surface area contributed by atoms with Crippen molar-refractivity contribution in [1.82, 2.24) is 15.1 Å². The largest absolute Gasteiger partial charge is 0.385 e. The van der Waals surface area contributed by atoms with Gasteiger partial charge in [0.25, 0.3) is 0 Å². The van der Waals surface area contributed by atoms with E-state index in [1.54, 1.807) is 0 Å². The second kappa shape index (κ2) is 8.68. The van der Waals surface area contributed by atoms with Crippen LogP contribution in [0.4, 0.5) is 4.79 Å². The normalized spacial score (nSPS) is 21.1. The zero-order valence-electron chi connectivity index (χ0n) is 15.1. The molecule has 2 fully saturated rings. The van der Waals surface area contributed by atoms with Crippen molar-refractivity contribution < 1.29 is 9.90 Å². The first-order chi connectivity index (χ1) is 12.2. The van der Waals surface area contributed by atoms with Crippen molar-refractivity contribution in [1.29, 1.82) is 0 Å². The van der Waals surface area contributed by atoms with Crippen LogP contribution < -0.4 is 5.32 Å². The molecular formula is C20H31N3O2. The number of urea groups is 1. The molecule has 3 rings (SSSR count). The van der Waals surface area contributed by atoms with Gasteiger partial charge in [-0.1, -0.05) is 36.8 Å². The highest BCUT2D eigenvalue weighted by Crippen LogP contribution is 2.32. The summed E-state index contributed by atoms with van der Waals surface area (Å²) in [7, 11) is 0. The first-order valence-electron chi connectivity index (χ1n) is 9.70. The maximum Gasteiger partial charge on any atom is 0.317 e. The molecule has 2 aliphatic rings. The van der Waals surface area contributed by atoms with Crippen LogP contribution in [0.15, 0.2) is 30.3 Å². The van der Waals surface area contributed by atoms with Gasteiger partial charge in [-0.15, -0.1) is 0 Å². The molecule has 0 radical (unpaired) electrons. The molecule has 2 amide bonds. The van der Waals surface area contributed by atoms with Crippen LogP contribution >= 0.6 is 0 Å². The number of hydrogen-bond donors (Lipinski definition) is 2. The van der Waals surface area contributed by atoms with Gasteiger partial charge in [0.15, 0.2) is 0 Å². The van der Waals surface area contributed by atoms with Crippen molar-refractivity contribution in [3.05, 3.63) is 35.9 Å². The number of nitrogens with zero attached hydrogens (tertiary/aromatic N) is 2. The minimum absolute atomic E-state index is 0.00811. The van der Waals surface area contributed by atoms with E-state index in [0.29, 0.717) is 25.9 Å². The summed E-state index contributed by atoms with van der Waals surface area (Å²) >= 11 is 0. The van der Waals surface area contributed by atoms with Gasteiger partial charge in [-0.3, -0.25) is 0 Å². The molecule has 2 aliphatic heterocycles. The Balaban J connectivity index is 1.36. The highest BCUT2D eigenvalue weighted by Gasteiger charge is 2.35. The number of rotatable bonds is 5. The minimum atomic E-state index is -0.799. The molecule has 138 valence electrons. The quantitative estimate of drug-likeness (QED) is 0.807. The number of nitrogens with one attached hydrogen (secondary N) is 1. The van der Waals surface area contributed by atoms with Gasteiger partial charge >= 0.3 is 6.03 Å². The molecule has 25 heavy (non-hydrogen) atoms. The van der Waals surface area contributed by atoms with E-state index < -0.39 is 5.60 Å². The van der Waals surface area contributed by atoms with E-state index in [1.807, 2.05) is 35.2 Å². The van der Waals surface area contributed by atoms with Gasteiger partial charge in [0.05, 0.1) is 5.60 Å². The zero-order chi connectivity index (χ0) is 17.5. The fraction of sp³-hybridized carbons (Fsp3) is 0.650. The molecule has 0 atom stereocenters. The Morgan fingerprint density at radius 1 is 1.04 bits per heavy atom. The Bertz CT molecular complexity index is 535. The lowest BCUT2D eigenvalue weighted by Crippen LogP contribution is -2.49. The zero-order valence-corrected chi connectivity index (χ0v) is 15.1. The van der Waals surface area contributed by atoms with E-state index in [0.717, 1.165) is 25.1 Å². The number of hydrogen-bond acceptors (Lipinski definition) is 3. The maximum atomic E-state index is 12.3. The summed E-state index contributed by atoms with van der Waals surface area (Å²) in [4.78, 5) is 16.6. The fourth-order valence-electron chi connectivity index (χ4n) is 3.91. The fourth-order valence-corrected chi connectivity index (χ4v) is 3.91. The lowest BCUT2D eigenvalue weighted by molar-refractivity contribution is -0.0167. The summed E-state index contributed by atoms with van der Waals surface area (Å²) in [5.41, 5.74) is 0.156. The average molecular weight is 345 g/mol. The summed E-state index contributed by atoms with van der Waals surface area (Å²) in [6, 6.07) is 9.81. The van der Waals surface area contributed by atoms with Crippen LogP contribution in [0.25, 0.3) is 0 Å². The summed E-state index contributed by atoms with van der Waals surface area (Å²) < 4.78 is 0. The Kier molecular flexibility index (Phi) is 6.32. The van der Waals surface area contributed by atoms with Gasteiger partial charge in [-0.25, -0.2) is 4.79 Å². The number of aliphatic hydroxyl groups is 1. The lowest BCUT2D eigenvalue weighted by Gasteiger charge is -2.38. The van der Waals surface area contributed by atoms with Gasteiger partial charge in [0.1, 0.15) is 0 Å². The second-order valence-corrected chi connectivity index (χ2v) is 7.37. The average Bonchev–Trinajstić information content (AvgIpc) is 2.67. The van der Waals surface area contributed by atoms with Crippen LogP contribution in [-0.4, -0.2) is 60.2 Å². The number of amides is 2. The molecule has 0 aromatic heterocycles. The Hall–Kier alpha value is -1.59. The predicted octanol–water partition coefficient (Wildman–Crippen LogP) is 2.56. The van der Waals surface area contributed by atoms with Crippen molar-refractivity contribution in [2.24, 2.45) is 0 Å². The van der Waals surface area contributed by atoms with Gasteiger partial charge in [0.2, 0.25) is 0 Å². The number of likely N-dealkylation sites (tertiary alicyclic amines) is 2. The van der Waals surface area contributed by atoms with E-state index in [-0.39, 0.29) is 6.03 Å². The second-order valence-electron chi connectivity index (χ2n) is 7.37. The third-order valence-corrected chi connectivity index (χ3v) is 5.56. The van der Waals surface area contributed by atoms with Crippen molar-refractivity contribution in [3.63, 3.8) is 0 Å². The van der Waals surface area contributed by atoms with E-state index in [2.05, 4.69) is 10.2 Å². The molecule has 0 bridgehead atoms. The van der Waals surface area contributed by atoms with Crippen LogP contribution in [0.3, 0.4) is 0 Å². The Morgan fingerprint density at radius 3 is 2.40 bits per heavy atom. The van der Waals surface area contributed by atoms with E-state index in [9.17, 15) is 9.90 Å². The number of carbonyl (C=O) groups excluding carboxylic acids is 1. The molecule has 2 N–H and O–H groups in total. The molecule has 0 unspecified atom stereocenters. The van der Waals surface area contributed by atoms with Crippen LogP contribution in [0, 0.1) is 0 Å². The number of piperidine rings is 2.